The third kappa shape index (κ3) is 7.45. The largest absolute Gasteiger partial charge is 0.495 e. The maximum absolute atomic E-state index is 15.0. The molecule has 9 nitrogen and oxygen atoms in total. The summed E-state index contributed by atoms with van der Waals surface area (Å²) in [7, 11) is -4.65. The van der Waals surface area contributed by atoms with E-state index in [4.69, 9.17) is 16.3 Å². The Bertz CT molecular complexity index is 2160. The molecular formula is C35H28ClF6N3O6S. The summed E-state index contributed by atoms with van der Waals surface area (Å²) in [4.78, 5) is 28.6. The highest BCUT2D eigenvalue weighted by Gasteiger charge is 2.40. The number of aromatic nitrogens is 1. The first kappa shape index (κ1) is 37.1. The molecule has 0 atom stereocenters. The van der Waals surface area contributed by atoms with E-state index in [0.29, 0.717) is 17.4 Å². The van der Waals surface area contributed by atoms with Crippen molar-refractivity contribution >= 4 is 39.2 Å². The Labute approximate surface area is 298 Å². The Balaban J connectivity index is 1.47. The fourth-order valence-corrected chi connectivity index (χ4v) is 7.40. The Hall–Kier alpha value is -4.67. The van der Waals surface area contributed by atoms with Gasteiger partial charge in [0.05, 0.1) is 48.7 Å². The minimum Gasteiger partial charge on any atom is -0.495 e. The van der Waals surface area contributed by atoms with E-state index in [1.807, 2.05) is 12.1 Å². The Morgan fingerprint density at radius 2 is 1.44 bits per heavy atom. The van der Waals surface area contributed by atoms with Gasteiger partial charge in [-0.1, -0.05) is 29.8 Å². The van der Waals surface area contributed by atoms with Gasteiger partial charge in [0.15, 0.2) is 28.2 Å². The molecule has 0 bridgehead atoms. The number of ether oxygens (including phenoxy) is 1. The molecule has 1 aromatic heterocycles. The lowest BCUT2D eigenvalue weighted by molar-refractivity contribution is -0.119. The van der Waals surface area contributed by atoms with Crippen molar-refractivity contribution in [2.24, 2.45) is 0 Å². The summed E-state index contributed by atoms with van der Waals surface area (Å²) < 4.78 is 121. The van der Waals surface area contributed by atoms with Crippen molar-refractivity contribution in [1.29, 1.82) is 0 Å². The van der Waals surface area contributed by atoms with Crippen LogP contribution in [-0.4, -0.2) is 48.3 Å². The van der Waals surface area contributed by atoms with E-state index in [0.717, 1.165) is 66.1 Å². The number of aromatic carboxylic acids is 1. The van der Waals surface area contributed by atoms with E-state index in [1.54, 1.807) is 0 Å². The molecule has 2 aliphatic carbocycles. The number of nitrogens with zero attached hydrogens (tertiary/aromatic N) is 3. The molecule has 1 heterocycles. The van der Waals surface area contributed by atoms with Crippen LogP contribution in [0.15, 0.2) is 53.6 Å². The zero-order valence-electron chi connectivity index (χ0n) is 27.1. The smallest absolute Gasteiger partial charge is 0.335 e. The molecule has 2 aliphatic rings. The fourth-order valence-electron chi connectivity index (χ4n) is 5.79. The van der Waals surface area contributed by atoms with Crippen LogP contribution in [0.5, 0.6) is 5.75 Å². The van der Waals surface area contributed by atoms with Crippen LogP contribution < -0.4 is 9.64 Å². The van der Waals surface area contributed by atoms with Gasteiger partial charge in [-0.3, -0.25) is 9.78 Å². The van der Waals surface area contributed by atoms with Crippen LogP contribution in [0.3, 0.4) is 0 Å². The fraction of sp³-hybridized carbons (Fsp3) is 0.286. The maximum Gasteiger partial charge on any atom is 0.335 e. The molecule has 6 rings (SSSR count). The highest BCUT2D eigenvalue weighted by atomic mass is 35.5. The second-order valence-electron chi connectivity index (χ2n) is 12.5. The molecule has 0 saturated heterocycles. The lowest BCUT2D eigenvalue weighted by atomic mass is 9.99. The molecule has 52 heavy (non-hydrogen) atoms. The summed E-state index contributed by atoms with van der Waals surface area (Å²) in [5.41, 5.74) is 1.68. The molecule has 1 amide bonds. The van der Waals surface area contributed by atoms with Gasteiger partial charge < -0.3 is 14.7 Å². The monoisotopic (exact) mass is 767 g/mol. The number of carbonyl (C=O) groups excluding carboxylic acids is 1. The number of sulfonamides is 1. The van der Waals surface area contributed by atoms with Crippen molar-refractivity contribution in [2.75, 3.05) is 18.6 Å². The molecule has 2 saturated carbocycles. The van der Waals surface area contributed by atoms with Gasteiger partial charge in [0, 0.05) is 6.20 Å². The third-order valence-corrected chi connectivity index (χ3v) is 10.8. The van der Waals surface area contributed by atoms with Crippen LogP contribution in [0.4, 0.5) is 32.0 Å². The molecule has 0 aliphatic heterocycles. The molecule has 2 fully saturated rings. The SMILES string of the molecule is COc1cc(C(=O)O)ccc1N(Cc1cc(C2CC2)cc(C2CC2)c1)C(=O)CN(Cc1ncc(Cl)cc1F)S(=O)(=O)c1c(F)c(F)c(F)c(F)c1F. The topological polar surface area (TPSA) is 117 Å². The summed E-state index contributed by atoms with van der Waals surface area (Å²) >= 11 is 5.77. The van der Waals surface area contributed by atoms with Crippen LogP contribution in [-0.2, 0) is 27.9 Å². The van der Waals surface area contributed by atoms with Gasteiger partial charge in [-0.25, -0.2) is 39.6 Å². The molecule has 17 heteroatoms. The van der Waals surface area contributed by atoms with Gasteiger partial charge >= 0.3 is 5.97 Å². The van der Waals surface area contributed by atoms with E-state index < -0.39 is 80.5 Å². The molecule has 4 aromatic rings. The van der Waals surface area contributed by atoms with Crippen molar-refractivity contribution in [3.63, 3.8) is 0 Å². The van der Waals surface area contributed by atoms with Gasteiger partial charge in [-0.15, -0.1) is 0 Å². The van der Waals surface area contributed by atoms with Crippen molar-refractivity contribution in [3.05, 3.63) is 117 Å². The first-order valence-corrected chi connectivity index (χ1v) is 17.6. The number of carboxylic acid groups (broad SMARTS) is 1. The zero-order valence-corrected chi connectivity index (χ0v) is 28.7. The van der Waals surface area contributed by atoms with Crippen LogP contribution in [0.25, 0.3) is 0 Å². The molecular weight excluding hydrogens is 740 g/mol. The molecule has 1 N–H and O–H groups in total. The Morgan fingerprint density at radius 3 is 1.96 bits per heavy atom. The first-order chi connectivity index (χ1) is 24.6. The predicted molar refractivity (Wildman–Crippen MR) is 175 cm³/mol. The lowest BCUT2D eigenvalue weighted by Gasteiger charge is -2.29. The van der Waals surface area contributed by atoms with Crippen LogP contribution >= 0.6 is 11.6 Å². The molecule has 3 aromatic carbocycles. The van der Waals surface area contributed by atoms with Crippen molar-refractivity contribution in [2.45, 2.75) is 55.5 Å². The normalized spacial score (nSPS) is 14.5. The molecule has 274 valence electrons. The molecule has 0 unspecified atom stereocenters. The lowest BCUT2D eigenvalue weighted by Crippen LogP contribution is -2.43. The van der Waals surface area contributed by atoms with Crippen LogP contribution in [0.1, 0.15) is 70.3 Å². The predicted octanol–water partition coefficient (Wildman–Crippen LogP) is 7.46. The number of carbonyl (C=O) groups is 2. The minimum atomic E-state index is -5.85. The van der Waals surface area contributed by atoms with Gasteiger partial charge in [-0.05, 0) is 78.5 Å². The number of halogens is 7. The van der Waals surface area contributed by atoms with Gasteiger partial charge in [0.2, 0.25) is 21.7 Å². The van der Waals surface area contributed by atoms with E-state index in [-0.39, 0.29) is 32.9 Å². The summed E-state index contributed by atoms with van der Waals surface area (Å²) in [5.74, 6) is -16.3. The average molecular weight is 768 g/mol. The highest BCUT2D eigenvalue weighted by molar-refractivity contribution is 7.89. The Morgan fingerprint density at radius 1 is 0.865 bits per heavy atom. The van der Waals surface area contributed by atoms with E-state index >= 15 is 8.78 Å². The number of hydrogen-bond donors (Lipinski definition) is 1. The standard InChI is InChI=1S/C35H28ClF6N3O6S/c1-51-27-11-20(35(47)48)6-7-26(27)45(14-17-8-21(18-2-3-18)10-22(9-17)19-4-5-19)28(46)16-44(15-25-24(37)12-23(36)13-43-25)52(49,50)34-32(41)30(39)29(38)31(40)33(34)42/h6-13,18-19H,2-5,14-16H2,1H3,(H,47,48). The van der Waals surface area contributed by atoms with E-state index in [2.05, 4.69) is 11.1 Å². The molecule has 0 radical (unpaired) electrons. The number of methoxy groups -OCH3 is 1. The van der Waals surface area contributed by atoms with Crippen molar-refractivity contribution in [3.8, 4) is 5.75 Å². The average Bonchev–Trinajstić information content (AvgIpc) is 4.03. The number of amides is 1. The summed E-state index contributed by atoms with van der Waals surface area (Å²) in [5, 5.41) is 9.35. The number of pyridine rings is 1. The number of hydrogen-bond acceptors (Lipinski definition) is 6. The van der Waals surface area contributed by atoms with E-state index in [9.17, 15) is 40.7 Å². The quantitative estimate of drug-likeness (QED) is 0.0854. The summed E-state index contributed by atoms with van der Waals surface area (Å²) in [6.45, 7) is -2.83. The summed E-state index contributed by atoms with van der Waals surface area (Å²) in [6.07, 6.45) is 4.75. The second-order valence-corrected chi connectivity index (χ2v) is 14.8. The number of rotatable bonds is 13. The van der Waals surface area contributed by atoms with Crippen molar-refractivity contribution < 1.29 is 54.2 Å². The maximum atomic E-state index is 15.0. The molecule has 0 spiro atoms. The van der Waals surface area contributed by atoms with E-state index in [1.165, 1.54) is 13.2 Å². The number of benzene rings is 3. The van der Waals surface area contributed by atoms with Gasteiger partial charge in [-0.2, -0.15) is 4.31 Å². The van der Waals surface area contributed by atoms with Crippen molar-refractivity contribution in [1.82, 2.24) is 9.29 Å². The number of carboxylic acids is 1. The second kappa shape index (κ2) is 14.4. The Kier molecular flexibility index (Phi) is 10.3. The van der Waals surface area contributed by atoms with Crippen LogP contribution in [0.2, 0.25) is 5.02 Å². The number of anilines is 1. The summed E-state index contributed by atoms with van der Waals surface area (Å²) in [6, 6.07) is 10.1. The van der Waals surface area contributed by atoms with Gasteiger partial charge in [0.1, 0.15) is 11.6 Å². The highest BCUT2D eigenvalue weighted by Crippen LogP contribution is 2.46. The first-order valence-electron chi connectivity index (χ1n) is 15.8. The van der Waals surface area contributed by atoms with Crippen LogP contribution in [0, 0.1) is 34.9 Å². The third-order valence-electron chi connectivity index (χ3n) is 8.78. The zero-order chi connectivity index (χ0) is 37.6. The minimum absolute atomic E-state index is 0.0221. The van der Waals surface area contributed by atoms with Gasteiger partial charge in [0.25, 0.3) is 0 Å².